The third kappa shape index (κ3) is 4.95. The predicted octanol–water partition coefficient (Wildman–Crippen LogP) is 5.56. The summed E-state index contributed by atoms with van der Waals surface area (Å²) >= 11 is 0. The molecule has 3 heteroatoms. The van der Waals surface area contributed by atoms with Crippen LogP contribution >= 0.6 is 0 Å². The SMILES string of the molecule is C=C1/C(=C\C=C2/CCC[C@]3(C)C([C@H](C)CC[C@@H](O)C(C)C)CC[C@@H]23)C[C@@H](O)C[C@@H]1O. The van der Waals surface area contributed by atoms with Gasteiger partial charge in [-0.1, -0.05) is 52.0 Å². The molecule has 0 aromatic carbocycles. The zero-order valence-corrected chi connectivity index (χ0v) is 19.6. The van der Waals surface area contributed by atoms with Crippen molar-refractivity contribution in [1.29, 1.82) is 0 Å². The topological polar surface area (TPSA) is 60.7 Å². The minimum atomic E-state index is -0.618. The number of allylic oxidation sites excluding steroid dienone is 3. The van der Waals surface area contributed by atoms with E-state index in [1.807, 2.05) is 0 Å². The largest absolute Gasteiger partial charge is 0.393 e. The molecule has 3 rings (SSSR count). The Kier molecular flexibility index (Phi) is 7.69. The van der Waals surface area contributed by atoms with Crippen molar-refractivity contribution >= 4 is 0 Å². The second kappa shape index (κ2) is 9.71. The smallest absolute Gasteiger partial charge is 0.0811 e. The Hall–Kier alpha value is -0.900. The Morgan fingerprint density at radius 1 is 1.13 bits per heavy atom. The van der Waals surface area contributed by atoms with Crippen molar-refractivity contribution in [1.82, 2.24) is 0 Å². The molecule has 0 aromatic heterocycles. The molecule has 0 heterocycles. The van der Waals surface area contributed by atoms with Crippen LogP contribution < -0.4 is 0 Å². The first kappa shape index (κ1) is 23.8. The van der Waals surface area contributed by atoms with Gasteiger partial charge in [-0.25, -0.2) is 0 Å². The lowest BCUT2D eigenvalue weighted by atomic mass is 9.60. The molecule has 3 saturated carbocycles. The quantitative estimate of drug-likeness (QED) is 0.531. The monoisotopic (exact) mass is 416 g/mol. The fourth-order valence-electron chi connectivity index (χ4n) is 6.65. The Bertz CT molecular complexity index is 676. The van der Waals surface area contributed by atoms with Crippen molar-refractivity contribution < 1.29 is 15.3 Å². The van der Waals surface area contributed by atoms with Crippen LogP contribution in [0.15, 0.2) is 35.5 Å². The summed E-state index contributed by atoms with van der Waals surface area (Å²) in [7, 11) is 0. The first-order chi connectivity index (χ1) is 14.1. The van der Waals surface area contributed by atoms with Crippen LogP contribution in [0.25, 0.3) is 0 Å². The van der Waals surface area contributed by atoms with Crippen LogP contribution in [0.4, 0.5) is 0 Å². The summed E-state index contributed by atoms with van der Waals surface area (Å²) in [6.45, 7) is 13.2. The van der Waals surface area contributed by atoms with Gasteiger partial charge in [0, 0.05) is 6.42 Å². The van der Waals surface area contributed by atoms with Crippen molar-refractivity contribution in [3.8, 4) is 0 Å². The summed E-state index contributed by atoms with van der Waals surface area (Å²) in [5, 5.41) is 30.4. The van der Waals surface area contributed by atoms with Crippen molar-refractivity contribution in [3.63, 3.8) is 0 Å². The maximum Gasteiger partial charge on any atom is 0.0811 e. The van der Waals surface area contributed by atoms with E-state index in [9.17, 15) is 15.3 Å². The van der Waals surface area contributed by atoms with Crippen LogP contribution in [-0.2, 0) is 0 Å². The zero-order valence-electron chi connectivity index (χ0n) is 19.6. The molecule has 30 heavy (non-hydrogen) atoms. The van der Waals surface area contributed by atoms with Crippen LogP contribution in [0.2, 0.25) is 0 Å². The zero-order chi connectivity index (χ0) is 22.1. The molecule has 170 valence electrons. The Labute approximate surface area is 184 Å². The summed E-state index contributed by atoms with van der Waals surface area (Å²) < 4.78 is 0. The molecule has 0 aliphatic heterocycles. The summed E-state index contributed by atoms with van der Waals surface area (Å²) in [4.78, 5) is 0. The molecule has 0 spiro atoms. The molecular weight excluding hydrogens is 372 g/mol. The molecule has 0 saturated heterocycles. The minimum absolute atomic E-state index is 0.180. The standard InChI is InChI=1S/C27H44O3/c1-17(2)25(29)13-8-18(3)23-11-12-24-20(7-6-14-27(23,24)5)9-10-21-15-22(28)16-26(30)19(21)4/h9-10,17-18,22-26,28-30H,4,6-8,11-16H2,1-3,5H3/b20-9+,21-10-/t18-,22-,23?,24+,25-,26+,27-/m1/s1. The molecule has 3 N–H and O–H groups in total. The van der Waals surface area contributed by atoms with E-state index in [0.717, 1.165) is 36.3 Å². The third-order valence-corrected chi connectivity index (χ3v) is 8.68. The molecule has 3 aliphatic rings. The lowest BCUT2D eigenvalue weighted by molar-refractivity contribution is 0.0717. The van der Waals surface area contributed by atoms with E-state index in [1.165, 1.54) is 25.7 Å². The van der Waals surface area contributed by atoms with E-state index < -0.39 is 12.2 Å². The third-order valence-electron chi connectivity index (χ3n) is 8.68. The summed E-state index contributed by atoms with van der Waals surface area (Å²) in [6, 6.07) is 0. The van der Waals surface area contributed by atoms with Gasteiger partial charge in [0.1, 0.15) is 0 Å². The average molecular weight is 417 g/mol. The first-order valence-corrected chi connectivity index (χ1v) is 12.3. The van der Waals surface area contributed by atoms with E-state index in [4.69, 9.17) is 0 Å². The van der Waals surface area contributed by atoms with Crippen molar-refractivity contribution in [3.05, 3.63) is 35.5 Å². The second-order valence-corrected chi connectivity index (χ2v) is 11.0. The van der Waals surface area contributed by atoms with E-state index in [0.29, 0.717) is 36.0 Å². The number of hydrogen-bond donors (Lipinski definition) is 3. The number of fused-ring (bicyclic) bond motifs is 1. The van der Waals surface area contributed by atoms with Crippen LogP contribution in [-0.4, -0.2) is 33.6 Å². The molecule has 3 nitrogen and oxygen atoms in total. The number of rotatable bonds is 6. The Morgan fingerprint density at radius 2 is 1.87 bits per heavy atom. The van der Waals surface area contributed by atoms with Crippen molar-refractivity contribution in [2.24, 2.45) is 29.1 Å². The molecule has 7 atom stereocenters. The fraction of sp³-hybridized carbons (Fsp3) is 0.778. The normalized spacial score (nSPS) is 39.5. The van der Waals surface area contributed by atoms with Crippen LogP contribution in [0.1, 0.15) is 85.5 Å². The second-order valence-electron chi connectivity index (χ2n) is 11.0. The van der Waals surface area contributed by atoms with Crippen LogP contribution in [0.5, 0.6) is 0 Å². The Morgan fingerprint density at radius 3 is 2.57 bits per heavy atom. The summed E-state index contributed by atoms with van der Waals surface area (Å²) in [6.07, 6.45) is 12.4. The van der Waals surface area contributed by atoms with Gasteiger partial charge in [-0.05, 0) is 91.6 Å². The first-order valence-electron chi connectivity index (χ1n) is 12.3. The minimum Gasteiger partial charge on any atom is -0.393 e. The molecule has 3 aliphatic carbocycles. The highest BCUT2D eigenvalue weighted by Crippen LogP contribution is 2.60. The van der Waals surface area contributed by atoms with Crippen LogP contribution in [0.3, 0.4) is 0 Å². The van der Waals surface area contributed by atoms with Gasteiger partial charge < -0.3 is 15.3 Å². The highest BCUT2D eigenvalue weighted by Gasteiger charge is 2.50. The molecule has 0 amide bonds. The highest BCUT2D eigenvalue weighted by atomic mass is 16.3. The number of aliphatic hydroxyl groups is 3. The van der Waals surface area contributed by atoms with Gasteiger partial charge in [0.15, 0.2) is 0 Å². The van der Waals surface area contributed by atoms with Gasteiger partial charge in [0.05, 0.1) is 18.3 Å². The highest BCUT2D eigenvalue weighted by molar-refractivity contribution is 5.38. The molecule has 0 bridgehead atoms. The van der Waals surface area contributed by atoms with E-state index in [2.05, 4.69) is 46.4 Å². The molecule has 0 aromatic rings. The lowest BCUT2D eigenvalue weighted by Crippen LogP contribution is -2.36. The molecule has 1 unspecified atom stereocenters. The maximum atomic E-state index is 10.3. The lowest BCUT2D eigenvalue weighted by Gasteiger charge is -2.44. The fourth-order valence-corrected chi connectivity index (χ4v) is 6.65. The van der Waals surface area contributed by atoms with Gasteiger partial charge in [-0.2, -0.15) is 0 Å². The van der Waals surface area contributed by atoms with E-state index >= 15 is 0 Å². The van der Waals surface area contributed by atoms with E-state index in [1.54, 1.807) is 5.57 Å². The summed E-state index contributed by atoms with van der Waals surface area (Å²) in [5.74, 6) is 2.35. The molecule has 0 radical (unpaired) electrons. The Balaban J connectivity index is 1.72. The number of aliphatic hydroxyl groups excluding tert-OH is 3. The maximum absolute atomic E-state index is 10.3. The predicted molar refractivity (Wildman–Crippen MR) is 124 cm³/mol. The van der Waals surface area contributed by atoms with Crippen molar-refractivity contribution in [2.75, 3.05) is 0 Å². The summed E-state index contributed by atoms with van der Waals surface area (Å²) in [5.41, 5.74) is 3.69. The average Bonchev–Trinajstić information content (AvgIpc) is 3.04. The van der Waals surface area contributed by atoms with Gasteiger partial charge >= 0.3 is 0 Å². The van der Waals surface area contributed by atoms with Gasteiger partial charge in [0.25, 0.3) is 0 Å². The molecule has 3 fully saturated rings. The van der Waals surface area contributed by atoms with Gasteiger partial charge in [-0.15, -0.1) is 0 Å². The van der Waals surface area contributed by atoms with Gasteiger partial charge in [-0.3, -0.25) is 0 Å². The van der Waals surface area contributed by atoms with E-state index in [-0.39, 0.29) is 6.10 Å². The molecular formula is C27H44O3. The van der Waals surface area contributed by atoms with Crippen LogP contribution in [0, 0.1) is 29.1 Å². The van der Waals surface area contributed by atoms with Gasteiger partial charge in [0.2, 0.25) is 0 Å². The number of hydrogen-bond acceptors (Lipinski definition) is 3. The van der Waals surface area contributed by atoms with Crippen molar-refractivity contribution in [2.45, 2.75) is 104 Å².